The van der Waals surface area contributed by atoms with Crippen molar-refractivity contribution in [2.45, 2.75) is 56.2 Å². The Hall–Kier alpha value is -3.37. The van der Waals surface area contributed by atoms with E-state index in [4.69, 9.17) is 23.1 Å². The van der Waals surface area contributed by atoms with Gasteiger partial charge in [-0.05, 0) is 35.7 Å². The van der Waals surface area contributed by atoms with E-state index >= 15 is 0 Å². The lowest BCUT2D eigenvalue weighted by molar-refractivity contribution is -0.283. The Morgan fingerprint density at radius 3 is 1.66 bits per heavy atom. The predicted molar refractivity (Wildman–Crippen MR) is 154 cm³/mol. The van der Waals surface area contributed by atoms with E-state index in [1.165, 1.54) is 12.1 Å². The summed E-state index contributed by atoms with van der Waals surface area (Å²) in [5, 5.41) is 0. The van der Waals surface area contributed by atoms with Crippen LogP contribution in [0.1, 0.15) is 22.3 Å². The van der Waals surface area contributed by atoms with Crippen molar-refractivity contribution in [3.05, 3.63) is 138 Å². The molecule has 7 nitrogen and oxygen atoms in total. The maximum atomic E-state index is 13.5. The first-order valence-electron chi connectivity index (χ1n) is 13.6. The number of benzene rings is 4. The smallest absolute Gasteiger partial charge is 0.297 e. The van der Waals surface area contributed by atoms with Crippen molar-refractivity contribution < 1.29 is 31.5 Å². The van der Waals surface area contributed by atoms with Crippen molar-refractivity contribution in [3.8, 4) is 0 Å². The highest BCUT2D eigenvalue weighted by Gasteiger charge is 2.46. The molecule has 0 radical (unpaired) electrons. The maximum absolute atomic E-state index is 13.5. The summed E-state index contributed by atoms with van der Waals surface area (Å²) in [6.45, 7) is 2.76. The second-order valence-electron chi connectivity index (χ2n) is 9.92. The third-order valence-corrected chi connectivity index (χ3v) is 8.11. The molecule has 0 aliphatic carbocycles. The van der Waals surface area contributed by atoms with Gasteiger partial charge in [0, 0.05) is 0 Å². The lowest BCUT2D eigenvalue weighted by Gasteiger charge is -2.41. The fourth-order valence-electron chi connectivity index (χ4n) is 4.54. The molecule has 4 aromatic carbocycles. The van der Waals surface area contributed by atoms with Gasteiger partial charge in [0.25, 0.3) is 10.1 Å². The summed E-state index contributed by atoms with van der Waals surface area (Å²) in [6.07, 6.45) is -3.58. The lowest BCUT2D eigenvalue weighted by atomic mass is 10.0. The lowest BCUT2D eigenvalue weighted by Crippen LogP contribution is -2.57. The zero-order chi connectivity index (χ0) is 28.5. The summed E-state index contributed by atoms with van der Waals surface area (Å²) in [5.41, 5.74) is 3.76. The van der Waals surface area contributed by atoms with E-state index in [1.807, 2.05) is 97.9 Å². The Kier molecular flexibility index (Phi) is 9.95. The van der Waals surface area contributed by atoms with E-state index in [0.717, 1.165) is 22.3 Å². The van der Waals surface area contributed by atoms with Crippen molar-refractivity contribution in [2.75, 3.05) is 6.61 Å². The van der Waals surface area contributed by atoms with E-state index in [2.05, 4.69) is 0 Å². The first-order valence-corrected chi connectivity index (χ1v) is 15.0. The normalized spacial score (nSPS) is 21.0. The molecule has 1 fully saturated rings. The SMILES string of the molecule is Cc1ccc(S(=O)(=O)O[C@H]2[C@H](OCc3ccccc3)OC[C@@H](OCc3ccccc3)[C@@H]2OCc2ccccc2)cc1. The van der Waals surface area contributed by atoms with Crippen molar-refractivity contribution in [2.24, 2.45) is 0 Å². The molecule has 1 aliphatic rings. The summed E-state index contributed by atoms with van der Waals surface area (Å²) >= 11 is 0. The fourth-order valence-corrected chi connectivity index (χ4v) is 5.61. The molecule has 0 unspecified atom stereocenters. The average molecular weight is 575 g/mol. The second-order valence-corrected chi connectivity index (χ2v) is 11.5. The molecule has 4 atom stereocenters. The van der Waals surface area contributed by atoms with Crippen LogP contribution in [-0.4, -0.2) is 39.6 Å². The molecule has 5 rings (SSSR count). The van der Waals surface area contributed by atoms with Crippen molar-refractivity contribution in [3.63, 3.8) is 0 Å². The minimum absolute atomic E-state index is 0.0408. The van der Waals surface area contributed by atoms with Crippen LogP contribution < -0.4 is 0 Å². The van der Waals surface area contributed by atoms with E-state index in [1.54, 1.807) is 12.1 Å². The standard InChI is InChI=1S/C33H34O7S/c1-25-17-19-29(20-18-25)41(34,35)40-32-31(37-22-27-13-7-3-8-14-27)30(36-21-26-11-5-2-6-12-26)24-39-33(32)38-23-28-15-9-4-10-16-28/h2-20,30-33H,21-24H2,1H3/t30-,31+,32-,33-/m1/s1. The number of hydrogen-bond donors (Lipinski definition) is 0. The summed E-state index contributed by atoms with van der Waals surface area (Å²) in [5.74, 6) is 0. The molecule has 8 heteroatoms. The molecule has 1 saturated heterocycles. The summed E-state index contributed by atoms with van der Waals surface area (Å²) in [4.78, 5) is 0.0408. The zero-order valence-electron chi connectivity index (χ0n) is 22.9. The van der Waals surface area contributed by atoms with E-state index in [-0.39, 0.29) is 24.7 Å². The Balaban J connectivity index is 1.43. The van der Waals surface area contributed by atoms with Gasteiger partial charge in [-0.2, -0.15) is 8.42 Å². The van der Waals surface area contributed by atoms with Crippen LogP contribution in [-0.2, 0) is 53.1 Å². The first kappa shape index (κ1) is 29.1. The molecule has 41 heavy (non-hydrogen) atoms. The second kappa shape index (κ2) is 14.0. The van der Waals surface area contributed by atoms with Gasteiger partial charge < -0.3 is 18.9 Å². The van der Waals surface area contributed by atoms with E-state index in [0.29, 0.717) is 6.61 Å². The Morgan fingerprint density at radius 1 is 0.634 bits per heavy atom. The first-order chi connectivity index (χ1) is 20.0. The van der Waals surface area contributed by atoms with Gasteiger partial charge in [0.1, 0.15) is 12.2 Å². The predicted octanol–water partition coefficient (Wildman–Crippen LogP) is 5.81. The number of ether oxygens (including phenoxy) is 4. The van der Waals surface area contributed by atoms with Gasteiger partial charge in [0.15, 0.2) is 12.4 Å². The zero-order valence-corrected chi connectivity index (χ0v) is 23.7. The monoisotopic (exact) mass is 574 g/mol. The third kappa shape index (κ3) is 8.10. The van der Waals surface area contributed by atoms with Crippen LogP contribution in [0.4, 0.5) is 0 Å². The Morgan fingerprint density at radius 2 is 1.12 bits per heavy atom. The molecule has 1 heterocycles. The summed E-state index contributed by atoms with van der Waals surface area (Å²) in [7, 11) is -4.19. The quantitative estimate of drug-likeness (QED) is 0.198. The number of rotatable bonds is 12. The van der Waals surface area contributed by atoms with Crippen LogP contribution in [0.2, 0.25) is 0 Å². The van der Waals surface area contributed by atoms with E-state index in [9.17, 15) is 8.42 Å². The minimum Gasteiger partial charge on any atom is -0.368 e. The minimum atomic E-state index is -4.19. The van der Waals surface area contributed by atoms with Gasteiger partial charge in [-0.3, -0.25) is 4.18 Å². The van der Waals surface area contributed by atoms with Crippen LogP contribution in [0.5, 0.6) is 0 Å². The molecule has 0 saturated carbocycles. The van der Waals surface area contributed by atoms with Gasteiger partial charge >= 0.3 is 0 Å². The average Bonchev–Trinajstić information content (AvgIpc) is 3.00. The molecule has 1 aliphatic heterocycles. The molecule has 0 bridgehead atoms. The Bertz CT molecular complexity index is 1450. The molecule has 0 N–H and O–H groups in total. The number of hydrogen-bond acceptors (Lipinski definition) is 7. The van der Waals surface area contributed by atoms with E-state index < -0.39 is 34.7 Å². The fraction of sp³-hybridized carbons (Fsp3) is 0.273. The third-order valence-electron chi connectivity index (χ3n) is 6.78. The van der Waals surface area contributed by atoms with Crippen molar-refractivity contribution in [1.29, 1.82) is 0 Å². The molecule has 0 aromatic heterocycles. The van der Waals surface area contributed by atoms with Crippen LogP contribution >= 0.6 is 0 Å². The van der Waals surface area contributed by atoms with Crippen LogP contribution in [0.3, 0.4) is 0 Å². The Labute approximate surface area is 241 Å². The van der Waals surface area contributed by atoms with Gasteiger partial charge in [0.2, 0.25) is 0 Å². The van der Waals surface area contributed by atoms with Gasteiger partial charge in [-0.1, -0.05) is 109 Å². The number of aryl methyl sites for hydroxylation is 1. The highest BCUT2D eigenvalue weighted by Crippen LogP contribution is 2.30. The van der Waals surface area contributed by atoms with Gasteiger partial charge in [-0.15, -0.1) is 0 Å². The van der Waals surface area contributed by atoms with Crippen molar-refractivity contribution >= 4 is 10.1 Å². The van der Waals surface area contributed by atoms with Crippen LogP contribution in [0.25, 0.3) is 0 Å². The topological polar surface area (TPSA) is 80.3 Å². The molecule has 214 valence electrons. The van der Waals surface area contributed by atoms with Gasteiger partial charge in [0.05, 0.1) is 31.3 Å². The summed E-state index contributed by atoms with van der Waals surface area (Å²) < 4.78 is 57.8. The molecule has 4 aromatic rings. The summed E-state index contributed by atoms with van der Waals surface area (Å²) in [6, 6.07) is 35.5. The highest BCUT2D eigenvalue weighted by atomic mass is 32.2. The largest absolute Gasteiger partial charge is 0.368 e. The maximum Gasteiger partial charge on any atom is 0.297 e. The molecular formula is C33H34O7S. The molecular weight excluding hydrogens is 540 g/mol. The van der Waals surface area contributed by atoms with Crippen LogP contribution in [0, 0.1) is 6.92 Å². The van der Waals surface area contributed by atoms with Crippen molar-refractivity contribution in [1.82, 2.24) is 0 Å². The molecule has 0 amide bonds. The van der Waals surface area contributed by atoms with Gasteiger partial charge in [-0.25, -0.2) is 0 Å². The van der Waals surface area contributed by atoms with Crippen LogP contribution in [0.15, 0.2) is 120 Å². The molecule has 0 spiro atoms. The highest BCUT2D eigenvalue weighted by molar-refractivity contribution is 7.86.